The van der Waals surface area contributed by atoms with Crippen LogP contribution < -0.4 is 20.5 Å². The molecule has 3 fully saturated rings. The second kappa shape index (κ2) is 9.52. The van der Waals surface area contributed by atoms with Gasteiger partial charge in [-0.1, -0.05) is 23.7 Å². The molecule has 1 atom stereocenters. The van der Waals surface area contributed by atoms with E-state index in [-0.39, 0.29) is 45.9 Å². The lowest BCUT2D eigenvalue weighted by Crippen LogP contribution is -2.53. The average molecular weight is 510 g/mol. The first kappa shape index (κ1) is 24.4. The Balaban J connectivity index is 1.21. The van der Waals surface area contributed by atoms with E-state index in [0.717, 1.165) is 24.5 Å². The molecule has 3 aliphatic carbocycles. The summed E-state index contributed by atoms with van der Waals surface area (Å²) < 4.78 is 41.5. The van der Waals surface area contributed by atoms with Crippen molar-refractivity contribution in [3.05, 3.63) is 58.9 Å². The van der Waals surface area contributed by atoms with Gasteiger partial charge in [-0.3, -0.25) is 9.59 Å². The molecule has 4 N–H and O–H groups in total. The standard InChI is InChI=1S/C23H25ClFN3O5S/c24-19-6-3-16(9-20(19)25)33-13-21(29)28-23-10-15(11-23)18(12-23)22(30)27-8-7-14-1-4-17(5-2-14)34(26,31)32/h1-6,9,15,18H,7-8,10-13H2,(H,27,30)(H,28,29)(H2,26,31,32)/t15?,18-,23?/m1/s1. The van der Waals surface area contributed by atoms with Gasteiger partial charge in [0, 0.05) is 24.1 Å². The summed E-state index contributed by atoms with van der Waals surface area (Å²) in [7, 11) is -3.73. The summed E-state index contributed by atoms with van der Waals surface area (Å²) in [6, 6.07) is 10.2. The van der Waals surface area contributed by atoms with Crippen LogP contribution >= 0.6 is 11.6 Å². The average Bonchev–Trinajstić information content (AvgIpc) is 3.30. The molecule has 8 nitrogen and oxygen atoms in total. The number of carbonyl (C=O) groups excluding carboxylic acids is 2. The van der Waals surface area contributed by atoms with Gasteiger partial charge in [0.1, 0.15) is 11.6 Å². The number of primary sulfonamides is 1. The highest BCUT2D eigenvalue weighted by atomic mass is 35.5. The number of halogens is 2. The first-order valence-corrected chi connectivity index (χ1v) is 12.8. The van der Waals surface area contributed by atoms with Crippen molar-refractivity contribution in [1.29, 1.82) is 0 Å². The van der Waals surface area contributed by atoms with E-state index in [1.165, 1.54) is 24.3 Å². The Morgan fingerprint density at radius 2 is 1.85 bits per heavy atom. The van der Waals surface area contributed by atoms with Crippen molar-refractivity contribution < 1.29 is 27.1 Å². The van der Waals surface area contributed by atoms with Crippen molar-refractivity contribution in [2.45, 2.75) is 36.1 Å². The number of hydrogen-bond donors (Lipinski definition) is 3. The third-order valence-corrected chi connectivity index (χ3v) is 7.69. The molecule has 0 spiro atoms. The van der Waals surface area contributed by atoms with Crippen LogP contribution in [0, 0.1) is 17.7 Å². The fraction of sp³-hybridized carbons (Fsp3) is 0.391. The van der Waals surface area contributed by atoms with Crippen molar-refractivity contribution in [1.82, 2.24) is 10.6 Å². The number of nitrogens with one attached hydrogen (secondary N) is 2. The summed E-state index contributed by atoms with van der Waals surface area (Å²) in [5.74, 6) is -0.725. The Morgan fingerprint density at radius 3 is 2.50 bits per heavy atom. The molecular formula is C23H25ClFN3O5S. The molecule has 182 valence electrons. The molecule has 3 aliphatic rings. The third-order valence-electron chi connectivity index (χ3n) is 6.45. The summed E-state index contributed by atoms with van der Waals surface area (Å²) in [5.41, 5.74) is 0.481. The van der Waals surface area contributed by atoms with Crippen LogP contribution in [-0.2, 0) is 26.0 Å². The van der Waals surface area contributed by atoms with Gasteiger partial charge in [-0.15, -0.1) is 0 Å². The van der Waals surface area contributed by atoms with Gasteiger partial charge >= 0.3 is 0 Å². The van der Waals surface area contributed by atoms with Gasteiger partial charge < -0.3 is 15.4 Å². The molecule has 11 heteroatoms. The Hall–Kier alpha value is -2.69. The predicted octanol–water partition coefficient (Wildman–Crippen LogP) is 2.15. The second-order valence-corrected chi connectivity index (χ2v) is 10.9. The van der Waals surface area contributed by atoms with E-state index in [9.17, 15) is 22.4 Å². The maximum Gasteiger partial charge on any atom is 0.258 e. The Labute approximate surface area is 202 Å². The molecule has 2 aromatic carbocycles. The van der Waals surface area contributed by atoms with E-state index in [0.29, 0.717) is 19.4 Å². The van der Waals surface area contributed by atoms with Crippen molar-refractivity contribution in [3.8, 4) is 5.75 Å². The lowest BCUT2D eigenvalue weighted by Gasteiger charge is -2.39. The van der Waals surface area contributed by atoms with Crippen LogP contribution in [-0.4, -0.2) is 38.9 Å². The zero-order chi connectivity index (χ0) is 24.5. The number of nitrogens with two attached hydrogens (primary N) is 1. The van der Waals surface area contributed by atoms with Crippen LogP contribution in [0.3, 0.4) is 0 Å². The van der Waals surface area contributed by atoms with Gasteiger partial charge in [0.2, 0.25) is 15.9 Å². The minimum atomic E-state index is -3.73. The molecule has 5 rings (SSSR count). The zero-order valence-corrected chi connectivity index (χ0v) is 19.8. The first-order chi connectivity index (χ1) is 16.0. The molecule has 3 saturated carbocycles. The molecule has 0 aromatic heterocycles. The molecule has 0 unspecified atom stereocenters. The number of benzene rings is 2. The van der Waals surface area contributed by atoms with Crippen LogP contribution in [0.15, 0.2) is 47.4 Å². The Kier molecular flexibility index (Phi) is 6.84. The highest BCUT2D eigenvalue weighted by Gasteiger charge is 2.58. The van der Waals surface area contributed by atoms with E-state index in [2.05, 4.69) is 10.6 Å². The van der Waals surface area contributed by atoms with Gasteiger partial charge in [-0.25, -0.2) is 17.9 Å². The topological polar surface area (TPSA) is 128 Å². The van der Waals surface area contributed by atoms with Gasteiger partial charge in [0.15, 0.2) is 6.61 Å². The van der Waals surface area contributed by atoms with Gasteiger partial charge in [-0.2, -0.15) is 0 Å². The number of ether oxygens (including phenoxy) is 1. The lowest BCUT2D eigenvalue weighted by atomic mass is 9.76. The third kappa shape index (κ3) is 5.51. The molecule has 0 saturated heterocycles. The van der Waals surface area contributed by atoms with Crippen LogP contribution in [0.25, 0.3) is 0 Å². The SMILES string of the molecule is NS(=O)(=O)c1ccc(CCNC(=O)[C@@H]2CC3(NC(=O)COc4ccc(Cl)c(F)c4)CC2C3)cc1. The van der Waals surface area contributed by atoms with E-state index >= 15 is 0 Å². The predicted molar refractivity (Wildman–Crippen MR) is 123 cm³/mol. The summed E-state index contributed by atoms with van der Waals surface area (Å²) in [6.07, 6.45) is 2.59. The van der Waals surface area contributed by atoms with Gasteiger partial charge in [0.25, 0.3) is 5.91 Å². The van der Waals surface area contributed by atoms with Crippen molar-refractivity contribution in [2.24, 2.45) is 17.0 Å². The molecular weight excluding hydrogens is 485 g/mol. The molecule has 0 heterocycles. The Morgan fingerprint density at radius 1 is 1.15 bits per heavy atom. The molecule has 34 heavy (non-hydrogen) atoms. The number of fused-ring (bicyclic) bond motifs is 1. The van der Waals surface area contributed by atoms with Crippen LogP contribution in [0.4, 0.5) is 4.39 Å². The molecule has 2 amide bonds. The van der Waals surface area contributed by atoms with Crippen molar-refractivity contribution >= 4 is 33.4 Å². The smallest absolute Gasteiger partial charge is 0.258 e. The van der Waals surface area contributed by atoms with Crippen molar-refractivity contribution in [3.63, 3.8) is 0 Å². The van der Waals surface area contributed by atoms with Gasteiger partial charge in [0.05, 0.1) is 9.92 Å². The fourth-order valence-corrected chi connectivity index (χ4v) is 5.43. The van der Waals surface area contributed by atoms with E-state index < -0.39 is 21.4 Å². The number of hydrogen-bond acceptors (Lipinski definition) is 5. The second-order valence-electron chi connectivity index (χ2n) is 8.90. The maximum atomic E-state index is 13.5. The monoisotopic (exact) mass is 509 g/mol. The maximum absolute atomic E-state index is 13.5. The molecule has 0 radical (unpaired) electrons. The van der Waals surface area contributed by atoms with Crippen molar-refractivity contribution in [2.75, 3.05) is 13.2 Å². The highest BCUT2D eigenvalue weighted by molar-refractivity contribution is 7.89. The minimum Gasteiger partial charge on any atom is -0.484 e. The fourth-order valence-electron chi connectivity index (χ4n) is 4.80. The molecule has 0 aliphatic heterocycles. The summed E-state index contributed by atoms with van der Waals surface area (Å²) in [5, 5.41) is 11.0. The normalized spacial score (nSPS) is 23.1. The largest absolute Gasteiger partial charge is 0.484 e. The van der Waals surface area contributed by atoms with Crippen LogP contribution in [0.2, 0.25) is 5.02 Å². The van der Waals surface area contributed by atoms with Crippen LogP contribution in [0.5, 0.6) is 5.75 Å². The zero-order valence-electron chi connectivity index (χ0n) is 18.2. The molecule has 2 bridgehead atoms. The van der Waals surface area contributed by atoms with Crippen LogP contribution in [0.1, 0.15) is 24.8 Å². The summed E-state index contributed by atoms with van der Waals surface area (Å²) in [6.45, 7) is 0.163. The highest BCUT2D eigenvalue weighted by Crippen LogP contribution is 2.55. The quantitative estimate of drug-likeness (QED) is 0.477. The van der Waals surface area contributed by atoms with E-state index in [1.54, 1.807) is 12.1 Å². The number of sulfonamides is 1. The Bertz CT molecular complexity index is 1200. The molecule has 2 aromatic rings. The number of carbonyl (C=O) groups is 2. The van der Waals surface area contributed by atoms with Gasteiger partial charge in [-0.05, 0) is 61.4 Å². The summed E-state index contributed by atoms with van der Waals surface area (Å²) >= 11 is 5.64. The minimum absolute atomic E-state index is 0.0218. The summed E-state index contributed by atoms with van der Waals surface area (Å²) in [4.78, 5) is 25.1. The lowest BCUT2D eigenvalue weighted by molar-refractivity contribution is -0.126. The first-order valence-electron chi connectivity index (χ1n) is 10.8. The van der Waals surface area contributed by atoms with E-state index in [4.69, 9.17) is 21.5 Å². The van der Waals surface area contributed by atoms with E-state index in [1.807, 2.05) is 0 Å². The number of rotatable bonds is 9. The number of amides is 2.